The van der Waals surface area contributed by atoms with Crippen molar-refractivity contribution in [2.24, 2.45) is 0 Å². The van der Waals surface area contributed by atoms with Crippen LogP contribution in [0, 0.1) is 0 Å². The minimum Gasteiger partial charge on any atom is -0.454 e. The minimum absolute atomic E-state index is 0.0339. The van der Waals surface area contributed by atoms with Gasteiger partial charge in [-0.05, 0) is 35.9 Å². The molecule has 0 spiro atoms. The molecule has 0 saturated carbocycles. The topological polar surface area (TPSA) is 97.0 Å². The Kier molecular flexibility index (Phi) is 4.89. The Hall–Kier alpha value is -3.10. The van der Waals surface area contributed by atoms with E-state index in [4.69, 9.17) is 21.1 Å². The van der Waals surface area contributed by atoms with Crippen LogP contribution in [0.15, 0.2) is 42.5 Å². The smallest absolute Gasteiger partial charge is 0.265 e. The second-order valence-corrected chi connectivity index (χ2v) is 6.80. The summed E-state index contributed by atoms with van der Waals surface area (Å²) in [6, 6.07) is 10.8. The first-order valence-electron chi connectivity index (χ1n) is 8.55. The van der Waals surface area contributed by atoms with Crippen molar-refractivity contribution < 1.29 is 23.9 Å². The van der Waals surface area contributed by atoms with Crippen LogP contribution in [-0.2, 0) is 16.1 Å². The van der Waals surface area contributed by atoms with Crippen LogP contribution < -0.4 is 20.3 Å². The van der Waals surface area contributed by atoms with Crippen molar-refractivity contribution in [1.29, 1.82) is 0 Å². The molecule has 2 aliphatic rings. The Morgan fingerprint density at radius 3 is 2.64 bits per heavy atom. The quantitative estimate of drug-likeness (QED) is 0.584. The molecule has 2 aromatic carbocycles. The number of rotatable bonds is 5. The lowest BCUT2D eigenvalue weighted by atomic mass is 10.2. The average Bonchev–Trinajstić information content (AvgIpc) is 3.26. The van der Waals surface area contributed by atoms with Crippen LogP contribution in [0.1, 0.15) is 22.3 Å². The van der Waals surface area contributed by atoms with Crippen molar-refractivity contribution >= 4 is 29.3 Å². The van der Waals surface area contributed by atoms with Gasteiger partial charge in [0.05, 0.1) is 13.0 Å². The standard InChI is InChI=1S/C19H16ClN3O5/c20-13-4-1-11(2-5-13)9-23-17(24)8-14(19(23)26)21-22-18(25)12-3-6-15-16(7-12)28-10-27-15/h1-7,14,21H,8-10H2,(H,22,25)/t14-/m1/s1. The van der Waals surface area contributed by atoms with Crippen LogP contribution in [0.5, 0.6) is 11.5 Å². The highest BCUT2D eigenvalue weighted by Crippen LogP contribution is 2.32. The molecular formula is C19H16ClN3O5. The van der Waals surface area contributed by atoms with Gasteiger partial charge in [-0.15, -0.1) is 0 Å². The number of likely N-dealkylation sites (tertiary alicyclic amines) is 1. The predicted octanol–water partition coefficient (Wildman–Crippen LogP) is 1.63. The van der Waals surface area contributed by atoms with Gasteiger partial charge in [-0.25, -0.2) is 5.43 Å². The van der Waals surface area contributed by atoms with Crippen LogP contribution >= 0.6 is 11.6 Å². The fourth-order valence-corrected chi connectivity index (χ4v) is 3.12. The molecule has 0 aromatic heterocycles. The van der Waals surface area contributed by atoms with Gasteiger partial charge in [0.2, 0.25) is 18.6 Å². The van der Waals surface area contributed by atoms with Gasteiger partial charge in [-0.2, -0.15) is 0 Å². The van der Waals surface area contributed by atoms with Gasteiger partial charge >= 0.3 is 0 Å². The highest BCUT2D eigenvalue weighted by molar-refractivity contribution is 6.30. The second kappa shape index (κ2) is 7.49. The molecule has 4 rings (SSSR count). The van der Waals surface area contributed by atoms with E-state index in [1.807, 2.05) is 0 Å². The number of benzene rings is 2. The Labute approximate surface area is 165 Å². The summed E-state index contributed by atoms with van der Waals surface area (Å²) in [6.07, 6.45) is -0.0339. The summed E-state index contributed by atoms with van der Waals surface area (Å²) < 4.78 is 10.4. The van der Waals surface area contributed by atoms with Crippen molar-refractivity contribution in [2.75, 3.05) is 6.79 Å². The van der Waals surface area contributed by atoms with Gasteiger partial charge in [0.1, 0.15) is 6.04 Å². The highest BCUT2D eigenvalue weighted by atomic mass is 35.5. The number of imide groups is 1. The SMILES string of the molecule is O=C(NN[C@@H]1CC(=O)N(Cc2ccc(Cl)cc2)C1=O)c1ccc2c(c1)OCO2. The molecule has 1 saturated heterocycles. The maximum atomic E-state index is 12.5. The van der Waals surface area contributed by atoms with E-state index < -0.39 is 17.9 Å². The van der Waals surface area contributed by atoms with Crippen molar-refractivity contribution in [3.8, 4) is 11.5 Å². The number of nitrogens with one attached hydrogen (secondary N) is 2. The maximum absolute atomic E-state index is 12.5. The van der Waals surface area contributed by atoms with Crippen molar-refractivity contribution in [3.63, 3.8) is 0 Å². The summed E-state index contributed by atoms with van der Waals surface area (Å²) in [5, 5.41) is 0.577. The van der Waals surface area contributed by atoms with Gasteiger partial charge in [0.15, 0.2) is 11.5 Å². The highest BCUT2D eigenvalue weighted by Gasteiger charge is 2.38. The molecule has 0 radical (unpaired) electrons. The number of halogens is 1. The normalized spacial score (nSPS) is 17.9. The first-order chi connectivity index (χ1) is 13.5. The average molecular weight is 402 g/mol. The van der Waals surface area contributed by atoms with Crippen LogP contribution in [-0.4, -0.2) is 35.5 Å². The summed E-state index contributed by atoms with van der Waals surface area (Å²) in [5.41, 5.74) is 6.25. The number of carbonyl (C=O) groups is 3. The molecule has 8 nitrogen and oxygen atoms in total. The van der Waals surface area contributed by atoms with E-state index in [9.17, 15) is 14.4 Å². The Bertz CT molecular complexity index is 947. The summed E-state index contributed by atoms with van der Waals surface area (Å²) in [6.45, 7) is 0.268. The van der Waals surface area contributed by atoms with Crippen molar-refractivity contribution in [1.82, 2.24) is 15.8 Å². The first-order valence-corrected chi connectivity index (χ1v) is 8.93. The molecule has 0 aliphatic carbocycles. The lowest BCUT2D eigenvalue weighted by Crippen LogP contribution is -2.48. The van der Waals surface area contributed by atoms with Gasteiger partial charge in [-0.3, -0.25) is 24.7 Å². The van der Waals surface area contributed by atoms with E-state index in [2.05, 4.69) is 10.9 Å². The van der Waals surface area contributed by atoms with Gasteiger partial charge < -0.3 is 9.47 Å². The van der Waals surface area contributed by atoms with Gasteiger partial charge in [0, 0.05) is 10.6 Å². The van der Waals surface area contributed by atoms with Crippen LogP contribution in [0.25, 0.3) is 0 Å². The number of nitrogens with zero attached hydrogens (tertiary/aromatic N) is 1. The molecule has 9 heteroatoms. The summed E-state index contributed by atoms with van der Waals surface area (Å²) in [7, 11) is 0. The third kappa shape index (κ3) is 3.64. The van der Waals surface area contributed by atoms with Gasteiger partial charge in [0.25, 0.3) is 5.91 Å². The lowest BCUT2D eigenvalue weighted by molar-refractivity contribution is -0.139. The zero-order chi connectivity index (χ0) is 19.7. The molecular weight excluding hydrogens is 386 g/mol. The molecule has 2 aromatic rings. The third-order valence-electron chi connectivity index (χ3n) is 4.49. The molecule has 3 amide bonds. The van der Waals surface area contributed by atoms with Crippen molar-refractivity contribution in [2.45, 2.75) is 19.0 Å². The molecule has 28 heavy (non-hydrogen) atoms. The zero-order valence-corrected chi connectivity index (χ0v) is 15.4. The lowest BCUT2D eigenvalue weighted by Gasteiger charge is -2.16. The number of fused-ring (bicyclic) bond motifs is 1. The molecule has 1 atom stereocenters. The number of hydrazine groups is 1. The van der Waals surface area contributed by atoms with E-state index in [1.54, 1.807) is 42.5 Å². The first kappa shape index (κ1) is 18.3. The largest absolute Gasteiger partial charge is 0.454 e. The minimum atomic E-state index is -0.822. The summed E-state index contributed by atoms with van der Waals surface area (Å²) >= 11 is 5.85. The maximum Gasteiger partial charge on any atom is 0.265 e. The molecule has 0 unspecified atom stereocenters. The molecule has 2 N–H and O–H groups in total. The molecule has 0 bridgehead atoms. The number of hydrogen-bond acceptors (Lipinski definition) is 6. The fourth-order valence-electron chi connectivity index (χ4n) is 3.00. The van der Waals surface area contributed by atoms with E-state index in [1.165, 1.54) is 0 Å². The third-order valence-corrected chi connectivity index (χ3v) is 4.74. The predicted molar refractivity (Wildman–Crippen MR) is 98.6 cm³/mol. The fraction of sp³-hybridized carbons (Fsp3) is 0.211. The molecule has 2 aliphatic heterocycles. The zero-order valence-electron chi connectivity index (χ0n) is 14.6. The molecule has 1 fully saturated rings. The number of hydrogen-bond donors (Lipinski definition) is 2. The monoisotopic (exact) mass is 401 g/mol. The Morgan fingerprint density at radius 2 is 1.86 bits per heavy atom. The molecule has 2 heterocycles. The summed E-state index contributed by atoms with van der Waals surface area (Å²) in [4.78, 5) is 38.2. The van der Waals surface area contributed by atoms with Crippen LogP contribution in [0.2, 0.25) is 5.02 Å². The van der Waals surface area contributed by atoms with E-state index in [0.29, 0.717) is 22.1 Å². The number of ether oxygens (including phenoxy) is 2. The van der Waals surface area contributed by atoms with Crippen molar-refractivity contribution in [3.05, 3.63) is 58.6 Å². The van der Waals surface area contributed by atoms with Crippen LogP contribution in [0.3, 0.4) is 0 Å². The van der Waals surface area contributed by atoms with E-state index >= 15 is 0 Å². The number of amides is 3. The second-order valence-electron chi connectivity index (χ2n) is 6.37. The number of carbonyl (C=O) groups excluding carboxylic acids is 3. The van der Waals surface area contributed by atoms with Crippen LogP contribution in [0.4, 0.5) is 0 Å². The molecule has 144 valence electrons. The Balaban J connectivity index is 1.36. The van der Waals surface area contributed by atoms with E-state index in [0.717, 1.165) is 10.5 Å². The van der Waals surface area contributed by atoms with E-state index in [-0.39, 0.29) is 25.7 Å². The Morgan fingerprint density at radius 1 is 1.11 bits per heavy atom. The summed E-state index contributed by atoms with van der Waals surface area (Å²) in [5.74, 6) is -0.108. The van der Waals surface area contributed by atoms with Gasteiger partial charge in [-0.1, -0.05) is 23.7 Å².